The summed E-state index contributed by atoms with van der Waals surface area (Å²) in [6.07, 6.45) is 7.99. The summed E-state index contributed by atoms with van der Waals surface area (Å²) in [6.45, 7) is 0. The van der Waals surface area contributed by atoms with Crippen molar-refractivity contribution >= 4 is 23.4 Å². The first-order chi connectivity index (χ1) is 7.84. The molecule has 2 nitrogen and oxygen atoms in total. The van der Waals surface area contributed by atoms with Gasteiger partial charge in [-0.2, -0.15) is 5.10 Å². The third-order valence-electron chi connectivity index (χ3n) is 2.60. The van der Waals surface area contributed by atoms with Crippen LogP contribution < -0.4 is 5.43 Å². The summed E-state index contributed by atoms with van der Waals surface area (Å²) in [7, 11) is 0. The van der Waals surface area contributed by atoms with E-state index in [0.717, 1.165) is 16.8 Å². The van der Waals surface area contributed by atoms with Crippen LogP contribution in [-0.2, 0) is 0 Å². The summed E-state index contributed by atoms with van der Waals surface area (Å²) in [5.41, 5.74) is 7.05. The summed E-state index contributed by atoms with van der Waals surface area (Å²) < 4.78 is 0. The molecule has 0 radical (unpaired) electrons. The first kappa shape index (κ1) is 9.43. The van der Waals surface area contributed by atoms with Crippen molar-refractivity contribution in [3.05, 3.63) is 64.3 Å². The van der Waals surface area contributed by atoms with Gasteiger partial charge in [-0.05, 0) is 11.6 Å². The fourth-order valence-corrected chi connectivity index (χ4v) is 2.03. The Labute approximate surface area is 98.6 Å². The Balaban J connectivity index is 2.21. The van der Waals surface area contributed by atoms with E-state index in [0.29, 0.717) is 5.16 Å². The molecule has 1 aromatic carbocycles. The van der Waals surface area contributed by atoms with Crippen LogP contribution in [0.2, 0.25) is 0 Å². The highest BCUT2D eigenvalue weighted by Crippen LogP contribution is 2.23. The van der Waals surface area contributed by atoms with Crippen molar-refractivity contribution in [1.29, 1.82) is 0 Å². The quantitative estimate of drug-likeness (QED) is 0.679. The Hall–Kier alpha value is -1.80. The van der Waals surface area contributed by atoms with Crippen LogP contribution >= 0.6 is 11.6 Å². The number of fused-ring (bicyclic) bond motifs is 3. The van der Waals surface area contributed by atoms with Crippen LogP contribution in [-0.4, -0.2) is 5.71 Å². The minimum atomic E-state index is 0.544. The van der Waals surface area contributed by atoms with E-state index in [1.165, 1.54) is 5.56 Å². The SMILES string of the molecule is ClC1=CC2=CC=Cc3ccccc3C2=NN1. The highest BCUT2D eigenvalue weighted by molar-refractivity contribution is 6.31. The lowest BCUT2D eigenvalue weighted by molar-refractivity contribution is 0.933. The Morgan fingerprint density at radius 2 is 2.06 bits per heavy atom. The largest absolute Gasteiger partial charge is 0.267 e. The zero-order valence-corrected chi connectivity index (χ0v) is 9.20. The second kappa shape index (κ2) is 3.65. The van der Waals surface area contributed by atoms with Gasteiger partial charge >= 0.3 is 0 Å². The monoisotopic (exact) mass is 228 g/mol. The summed E-state index contributed by atoms with van der Waals surface area (Å²) >= 11 is 5.89. The lowest BCUT2D eigenvalue weighted by atomic mass is 9.99. The molecule has 1 heterocycles. The predicted molar refractivity (Wildman–Crippen MR) is 67.2 cm³/mol. The van der Waals surface area contributed by atoms with Crippen molar-refractivity contribution in [2.75, 3.05) is 0 Å². The van der Waals surface area contributed by atoms with E-state index in [4.69, 9.17) is 11.6 Å². The van der Waals surface area contributed by atoms with Crippen molar-refractivity contribution in [2.45, 2.75) is 0 Å². The molecular weight excluding hydrogens is 220 g/mol. The van der Waals surface area contributed by atoms with Crippen molar-refractivity contribution < 1.29 is 0 Å². The van der Waals surface area contributed by atoms with Crippen molar-refractivity contribution in [3.63, 3.8) is 0 Å². The minimum absolute atomic E-state index is 0.544. The van der Waals surface area contributed by atoms with Gasteiger partial charge in [0.05, 0.1) is 5.71 Å². The molecule has 0 saturated heterocycles. The maximum Gasteiger partial charge on any atom is 0.123 e. The summed E-state index contributed by atoms with van der Waals surface area (Å²) in [5, 5.41) is 4.84. The summed E-state index contributed by atoms with van der Waals surface area (Å²) in [6, 6.07) is 8.17. The van der Waals surface area contributed by atoms with Gasteiger partial charge in [-0.3, -0.25) is 5.43 Å². The van der Waals surface area contributed by atoms with Crippen LogP contribution in [0.5, 0.6) is 0 Å². The van der Waals surface area contributed by atoms with Gasteiger partial charge in [0.25, 0.3) is 0 Å². The molecule has 1 aliphatic carbocycles. The zero-order chi connectivity index (χ0) is 11.0. The number of nitrogens with zero attached hydrogens (tertiary/aromatic N) is 1. The molecule has 0 spiro atoms. The third-order valence-corrected chi connectivity index (χ3v) is 2.79. The van der Waals surface area contributed by atoms with Crippen molar-refractivity contribution in [3.8, 4) is 0 Å². The molecule has 0 unspecified atom stereocenters. The number of allylic oxidation sites excluding steroid dienone is 4. The molecule has 0 amide bonds. The van der Waals surface area contributed by atoms with E-state index in [1.807, 2.05) is 30.4 Å². The molecule has 2 aliphatic rings. The number of benzene rings is 1. The molecule has 0 aromatic heterocycles. The average Bonchev–Trinajstić information content (AvgIpc) is 2.47. The number of hydrazone groups is 1. The van der Waals surface area contributed by atoms with Gasteiger partial charge in [-0.25, -0.2) is 0 Å². The molecule has 3 heteroatoms. The molecule has 0 bridgehead atoms. The lowest BCUT2D eigenvalue weighted by Crippen LogP contribution is -2.16. The fourth-order valence-electron chi connectivity index (χ4n) is 1.87. The highest BCUT2D eigenvalue weighted by Gasteiger charge is 2.16. The molecule has 78 valence electrons. The second-order valence-corrected chi connectivity index (χ2v) is 4.04. The van der Waals surface area contributed by atoms with E-state index >= 15 is 0 Å². The summed E-state index contributed by atoms with van der Waals surface area (Å²) in [4.78, 5) is 0. The number of rotatable bonds is 0. The van der Waals surface area contributed by atoms with Gasteiger partial charge in [0.2, 0.25) is 0 Å². The normalized spacial score (nSPS) is 17.2. The van der Waals surface area contributed by atoms with Crippen LogP contribution in [0.3, 0.4) is 0 Å². The first-order valence-electron chi connectivity index (χ1n) is 5.03. The number of hydrogen-bond acceptors (Lipinski definition) is 2. The minimum Gasteiger partial charge on any atom is -0.267 e. The van der Waals surface area contributed by atoms with Gasteiger partial charge in [0.15, 0.2) is 0 Å². The Morgan fingerprint density at radius 3 is 3.00 bits per heavy atom. The molecule has 0 atom stereocenters. The zero-order valence-electron chi connectivity index (χ0n) is 8.44. The lowest BCUT2D eigenvalue weighted by Gasteiger charge is -2.14. The fraction of sp³-hybridized carbons (Fsp3) is 0. The number of nitrogens with one attached hydrogen (secondary N) is 1. The highest BCUT2D eigenvalue weighted by atomic mass is 35.5. The molecule has 16 heavy (non-hydrogen) atoms. The number of halogens is 1. The van der Waals surface area contributed by atoms with Crippen LogP contribution in [0.1, 0.15) is 11.1 Å². The summed E-state index contributed by atoms with van der Waals surface area (Å²) in [5.74, 6) is 0. The molecule has 1 aliphatic heterocycles. The Morgan fingerprint density at radius 1 is 1.19 bits per heavy atom. The molecule has 3 rings (SSSR count). The molecular formula is C13H9ClN2. The number of hydrogen-bond donors (Lipinski definition) is 1. The molecule has 0 fully saturated rings. The predicted octanol–water partition coefficient (Wildman–Crippen LogP) is 3.03. The van der Waals surface area contributed by atoms with E-state index in [1.54, 1.807) is 0 Å². The smallest absolute Gasteiger partial charge is 0.123 e. The molecule has 1 aromatic rings. The Bertz CT molecular complexity index is 565. The van der Waals surface area contributed by atoms with E-state index in [9.17, 15) is 0 Å². The van der Waals surface area contributed by atoms with Gasteiger partial charge in [0, 0.05) is 11.1 Å². The maximum absolute atomic E-state index is 5.89. The second-order valence-electron chi connectivity index (χ2n) is 3.63. The first-order valence-corrected chi connectivity index (χ1v) is 5.41. The standard InChI is InChI=1S/C13H9ClN2/c14-12-8-10-6-3-5-9-4-1-2-7-11(9)13(10)16-15-12/h1-8,15H. The van der Waals surface area contributed by atoms with Gasteiger partial charge in [0.1, 0.15) is 5.16 Å². The topological polar surface area (TPSA) is 24.4 Å². The average molecular weight is 229 g/mol. The van der Waals surface area contributed by atoms with Gasteiger partial charge in [-0.1, -0.05) is 54.1 Å². The maximum atomic E-state index is 5.89. The van der Waals surface area contributed by atoms with Crippen LogP contribution in [0, 0.1) is 0 Å². The van der Waals surface area contributed by atoms with Crippen molar-refractivity contribution in [1.82, 2.24) is 5.43 Å². The van der Waals surface area contributed by atoms with E-state index in [-0.39, 0.29) is 0 Å². The molecule has 0 saturated carbocycles. The van der Waals surface area contributed by atoms with Crippen LogP contribution in [0.25, 0.3) is 6.08 Å². The van der Waals surface area contributed by atoms with Crippen molar-refractivity contribution in [2.24, 2.45) is 5.10 Å². The third kappa shape index (κ3) is 1.48. The van der Waals surface area contributed by atoms with Gasteiger partial charge in [-0.15, -0.1) is 0 Å². The van der Waals surface area contributed by atoms with Crippen LogP contribution in [0.15, 0.2) is 58.3 Å². The van der Waals surface area contributed by atoms with E-state index in [2.05, 4.69) is 28.7 Å². The molecule has 1 N–H and O–H groups in total. The van der Waals surface area contributed by atoms with E-state index < -0.39 is 0 Å². The van der Waals surface area contributed by atoms with Crippen LogP contribution in [0.4, 0.5) is 0 Å². The Kier molecular flexibility index (Phi) is 2.15. The van der Waals surface area contributed by atoms with Gasteiger partial charge < -0.3 is 0 Å².